The van der Waals surface area contributed by atoms with Crippen LogP contribution < -0.4 is 16.0 Å². The van der Waals surface area contributed by atoms with E-state index < -0.39 is 36.3 Å². The summed E-state index contributed by atoms with van der Waals surface area (Å²) in [5, 5.41) is 26.1. The van der Waals surface area contributed by atoms with Crippen LogP contribution in [0, 0.1) is 0 Å². The third kappa shape index (κ3) is 6.89. The first-order valence-electron chi connectivity index (χ1n) is 9.48. The number of hydrogen-bond donors (Lipinski definition) is 5. The maximum atomic E-state index is 13.0. The predicted molar refractivity (Wildman–Crippen MR) is 109 cm³/mol. The number of aromatic nitrogens is 4. The SMILES string of the molecule is OCC(O)CNc1nc(Nc2cccc(C(F)(F)F)c2)nc(Nc2cccc(C(F)(F)F)n2)n1. The van der Waals surface area contributed by atoms with Gasteiger partial charge in [0.1, 0.15) is 11.5 Å². The molecule has 15 heteroatoms. The second-order valence-electron chi connectivity index (χ2n) is 6.76. The first-order valence-corrected chi connectivity index (χ1v) is 9.48. The van der Waals surface area contributed by atoms with Crippen LogP contribution in [0.15, 0.2) is 42.5 Å². The standard InChI is InChI=1S/C19H17F6N7O2/c20-18(21,22)10-3-1-4-11(7-10)27-16-30-15(26-8-12(34)9-33)31-17(32-16)29-14-6-2-5-13(28-14)19(23,24)25/h1-7,12,33-34H,8-9H2,(H3,26,27,28,29,30,31,32). The highest BCUT2D eigenvalue weighted by Gasteiger charge is 2.32. The molecule has 0 radical (unpaired) electrons. The summed E-state index contributed by atoms with van der Waals surface area (Å²) in [6, 6.07) is 7.27. The van der Waals surface area contributed by atoms with Gasteiger partial charge in [0.05, 0.1) is 18.3 Å². The second kappa shape index (κ2) is 10.0. The highest BCUT2D eigenvalue weighted by atomic mass is 19.4. The average molecular weight is 489 g/mol. The number of aliphatic hydroxyl groups excluding tert-OH is 2. The molecule has 182 valence electrons. The maximum Gasteiger partial charge on any atom is 0.433 e. The van der Waals surface area contributed by atoms with E-state index in [0.29, 0.717) is 0 Å². The Bertz CT molecular complexity index is 1050. The summed E-state index contributed by atoms with van der Waals surface area (Å²) in [5.41, 5.74) is -2.12. The summed E-state index contributed by atoms with van der Waals surface area (Å²) in [6.45, 7) is -0.780. The number of anilines is 5. The fourth-order valence-corrected chi connectivity index (χ4v) is 2.52. The molecule has 34 heavy (non-hydrogen) atoms. The molecular formula is C19H17F6N7O2. The van der Waals surface area contributed by atoms with Crippen molar-refractivity contribution in [1.82, 2.24) is 19.9 Å². The van der Waals surface area contributed by atoms with Crippen LogP contribution in [0.3, 0.4) is 0 Å². The Hall–Kier alpha value is -3.72. The smallest absolute Gasteiger partial charge is 0.394 e. The van der Waals surface area contributed by atoms with Gasteiger partial charge in [-0.1, -0.05) is 12.1 Å². The minimum atomic E-state index is -4.69. The molecule has 0 aliphatic heterocycles. The minimum Gasteiger partial charge on any atom is -0.394 e. The van der Waals surface area contributed by atoms with Crippen LogP contribution in [0.25, 0.3) is 0 Å². The molecular weight excluding hydrogens is 472 g/mol. The molecule has 9 nitrogen and oxygen atoms in total. The summed E-state index contributed by atoms with van der Waals surface area (Å²) < 4.78 is 77.7. The Kier molecular flexibility index (Phi) is 7.36. The molecule has 2 aromatic heterocycles. The molecule has 0 saturated heterocycles. The lowest BCUT2D eigenvalue weighted by atomic mass is 10.2. The van der Waals surface area contributed by atoms with E-state index in [2.05, 4.69) is 35.9 Å². The number of alkyl halides is 6. The molecule has 0 amide bonds. The Morgan fingerprint density at radius 1 is 0.794 bits per heavy atom. The molecule has 3 rings (SSSR count). The van der Waals surface area contributed by atoms with Crippen molar-refractivity contribution in [2.24, 2.45) is 0 Å². The number of hydrogen-bond acceptors (Lipinski definition) is 9. The normalized spacial score (nSPS) is 12.8. The first-order chi connectivity index (χ1) is 15.9. The lowest BCUT2D eigenvalue weighted by molar-refractivity contribution is -0.141. The topological polar surface area (TPSA) is 128 Å². The fraction of sp³-hybridized carbons (Fsp3) is 0.263. The van der Waals surface area contributed by atoms with Crippen molar-refractivity contribution in [2.45, 2.75) is 18.5 Å². The quantitative estimate of drug-likeness (QED) is 0.302. The lowest BCUT2D eigenvalue weighted by Crippen LogP contribution is -2.24. The first kappa shape index (κ1) is 24.9. The van der Waals surface area contributed by atoms with Crippen molar-refractivity contribution in [3.63, 3.8) is 0 Å². The minimum absolute atomic E-state index is 0.0227. The van der Waals surface area contributed by atoms with Crippen molar-refractivity contribution in [3.05, 3.63) is 53.7 Å². The Morgan fingerprint density at radius 3 is 2.09 bits per heavy atom. The van der Waals surface area contributed by atoms with Crippen molar-refractivity contribution in [2.75, 3.05) is 29.1 Å². The summed E-state index contributed by atoms with van der Waals surface area (Å²) in [6.07, 6.45) is -10.5. The van der Waals surface area contributed by atoms with Crippen LogP contribution in [0.2, 0.25) is 0 Å². The maximum absolute atomic E-state index is 13.0. The zero-order valence-electron chi connectivity index (χ0n) is 17.0. The highest BCUT2D eigenvalue weighted by molar-refractivity contribution is 5.58. The molecule has 5 N–H and O–H groups in total. The summed E-state index contributed by atoms with van der Waals surface area (Å²) >= 11 is 0. The molecule has 1 unspecified atom stereocenters. The van der Waals surface area contributed by atoms with Gasteiger partial charge in [0.15, 0.2) is 0 Å². The predicted octanol–water partition coefficient (Wildman–Crippen LogP) is 3.56. The van der Waals surface area contributed by atoms with E-state index in [1.165, 1.54) is 12.1 Å². The molecule has 0 saturated carbocycles. The van der Waals surface area contributed by atoms with Gasteiger partial charge < -0.3 is 26.2 Å². The molecule has 0 spiro atoms. The molecule has 0 aliphatic carbocycles. The third-order valence-corrected chi connectivity index (χ3v) is 4.07. The van der Waals surface area contributed by atoms with E-state index in [4.69, 9.17) is 5.11 Å². The van der Waals surface area contributed by atoms with E-state index in [1.807, 2.05) is 0 Å². The number of nitrogens with zero attached hydrogens (tertiary/aromatic N) is 4. The lowest BCUT2D eigenvalue weighted by Gasteiger charge is -2.14. The number of pyridine rings is 1. The van der Waals surface area contributed by atoms with Crippen molar-refractivity contribution in [1.29, 1.82) is 0 Å². The zero-order chi connectivity index (χ0) is 24.9. The van der Waals surface area contributed by atoms with Crippen molar-refractivity contribution >= 4 is 29.4 Å². The van der Waals surface area contributed by atoms with Gasteiger partial charge in [0.25, 0.3) is 0 Å². The summed E-state index contributed by atoms with van der Waals surface area (Å²) in [7, 11) is 0. The van der Waals surface area contributed by atoms with Crippen LogP contribution in [0.4, 0.5) is 55.7 Å². The molecule has 0 bridgehead atoms. The molecule has 0 aliphatic rings. The fourth-order valence-electron chi connectivity index (χ4n) is 2.52. The summed E-state index contributed by atoms with van der Waals surface area (Å²) in [5.74, 6) is -0.999. The van der Waals surface area contributed by atoms with Crippen LogP contribution >= 0.6 is 0 Å². The van der Waals surface area contributed by atoms with Crippen molar-refractivity contribution < 1.29 is 36.6 Å². The number of halogens is 6. The Morgan fingerprint density at radius 2 is 1.44 bits per heavy atom. The number of aliphatic hydroxyl groups is 2. The number of nitrogens with one attached hydrogen (secondary N) is 3. The van der Waals surface area contributed by atoms with Gasteiger partial charge in [0.2, 0.25) is 17.8 Å². The van der Waals surface area contributed by atoms with E-state index in [-0.39, 0.29) is 35.9 Å². The van der Waals surface area contributed by atoms with E-state index in [9.17, 15) is 31.4 Å². The van der Waals surface area contributed by atoms with Gasteiger partial charge >= 0.3 is 12.4 Å². The van der Waals surface area contributed by atoms with Crippen LogP contribution in [-0.4, -0.2) is 49.4 Å². The molecule has 0 fully saturated rings. The van der Waals surface area contributed by atoms with E-state index in [1.54, 1.807) is 0 Å². The molecule has 3 aromatic rings. The molecule has 2 heterocycles. The monoisotopic (exact) mass is 489 g/mol. The van der Waals surface area contributed by atoms with E-state index in [0.717, 1.165) is 30.3 Å². The Labute approximate surface area is 187 Å². The van der Waals surface area contributed by atoms with Gasteiger partial charge in [-0.2, -0.15) is 41.3 Å². The van der Waals surface area contributed by atoms with Gasteiger partial charge in [-0.05, 0) is 30.3 Å². The number of benzene rings is 1. The second-order valence-corrected chi connectivity index (χ2v) is 6.76. The van der Waals surface area contributed by atoms with Crippen molar-refractivity contribution in [3.8, 4) is 0 Å². The van der Waals surface area contributed by atoms with Gasteiger partial charge in [0, 0.05) is 12.2 Å². The largest absolute Gasteiger partial charge is 0.433 e. The summed E-state index contributed by atoms with van der Waals surface area (Å²) in [4.78, 5) is 15.3. The highest BCUT2D eigenvalue weighted by Crippen LogP contribution is 2.31. The number of rotatable bonds is 8. The van der Waals surface area contributed by atoms with E-state index >= 15 is 0 Å². The zero-order valence-corrected chi connectivity index (χ0v) is 17.0. The van der Waals surface area contributed by atoms with Gasteiger partial charge in [-0.3, -0.25) is 0 Å². The van der Waals surface area contributed by atoms with Gasteiger partial charge in [-0.25, -0.2) is 4.98 Å². The molecule has 1 atom stereocenters. The molecule has 1 aromatic carbocycles. The van der Waals surface area contributed by atoms with Crippen LogP contribution in [0.5, 0.6) is 0 Å². The third-order valence-electron chi connectivity index (χ3n) is 4.07. The van der Waals surface area contributed by atoms with Crippen LogP contribution in [0.1, 0.15) is 11.3 Å². The van der Waals surface area contributed by atoms with Crippen LogP contribution in [-0.2, 0) is 12.4 Å². The average Bonchev–Trinajstić information content (AvgIpc) is 2.76. The Balaban J connectivity index is 1.91. The van der Waals surface area contributed by atoms with Gasteiger partial charge in [-0.15, -0.1) is 0 Å².